The number of rotatable bonds is 8. The predicted molar refractivity (Wildman–Crippen MR) is 138 cm³/mol. The molecular weight excluding hydrogens is 438 g/mol. The summed E-state index contributed by atoms with van der Waals surface area (Å²) in [5.41, 5.74) is 4.05. The Kier molecular flexibility index (Phi) is 7.62. The van der Waals surface area contributed by atoms with E-state index in [0.717, 1.165) is 32.1 Å². The molecule has 0 atom stereocenters. The lowest BCUT2D eigenvalue weighted by Crippen LogP contribution is -2.24. The van der Waals surface area contributed by atoms with Crippen molar-refractivity contribution in [3.05, 3.63) is 62.8 Å². The highest BCUT2D eigenvalue weighted by Gasteiger charge is 2.19. The molecule has 0 aliphatic carbocycles. The molecule has 0 spiro atoms. The lowest BCUT2D eigenvalue weighted by molar-refractivity contribution is -0.113. The number of carbonyl (C=O) groups excluding carboxylic acids is 1. The highest BCUT2D eigenvalue weighted by Crippen LogP contribution is 2.33. The quantitative estimate of drug-likeness (QED) is 0.241. The smallest absolute Gasteiger partial charge is 0.263 e. The van der Waals surface area contributed by atoms with Gasteiger partial charge in [0.25, 0.3) is 5.56 Å². The van der Waals surface area contributed by atoms with Crippen molar-refractivity contribution in [2.75, 3.05) is 11.1 Å². The number of aryl methyl sites for hydroxylation is 2. The van der Waals surface area contributed by atoms with Gasteiger partial charge in [0.1, 0.15) is 4.83 Å². The number of thioether (sulfide) groups is 1. The largest absolute Gasteiger partial charge is 0.325 e. The third kappa shape index (κ3) is 4.84. The number of aromatic nitrogens is 2. The fraction of sp³-hybridized carbons (Fsp3) is 0.400. The minimum Gasteiger partial charge on any atom is -0.325 e. The Bertz CT molecular complexity index is 1200. The van der Waals surface area contributed by atoms with Crippen molar-refractivity contribution in [2.24, 2.45) is 0 Å². The zero-order valence-corrected chi connectivity index (χ0v) is 21.2. The molecule has 1 amide bonds. The van der Waals surface area contributed by atoms with E-state index in [9.17, 15) is 9.59 Å². The first-order chi connectivity index (χ1) is 15.1. The molecule has 3 rings (SSSR count). The van der Waals surface area contributed by atoms with Crippen molar-refractivity contribution in [1.29, 1.82) is 0 Å². The lowest BCUT2D eigenvalue weighted by atomic mass is 9.92. The average molecular weight is 470 g/mol. The Morgan fingerprint density at radius 3 is 2.41 bits per heavy atom. The van der Waals surface area contributed by atoms with E-state index in [-0.39, 0.29) is 17.2 Å². The number of nitrogens with one attached hydrogen (secondary N) is 1. The second-order valence-corrected chi connectivity index (χ2v) is 10.7. The Hall–Kier alpha value is -2.38. The summed E-state index contributed by atoms with van der Waals surface area (Å²) in [6.45, 7) is 16.6. The topological polar surface area (TPSA) is 64.0 Å². The fourth-order valence-electron chi connectivity index (χ4n) is 3.71. The molecule has 0 saturated heterocycles. The van der Waals surface area contributed by atoms with E-state index in [1.165, 1.54) is 23.1 Å². The van der Waals surface area contributed by atoms with Crippen LogP contribution in [0, 0.1) is 13.8 Å². The van der Waals surface area contributed by atoms with E-state index < -0.39 is 0 Å². The second-order valence-electron chi connectivity index (χ2n) is 8.52. The SMILES string of the molecule is C=CCn1c(SCC(=O)Nc2c(C(C)C)cccc2C(C)C)nc2sc(C)c(C)c2c1=O. The van der Waals surface area contributed by atoms with Gasteiger partial charge < -0.3 is 5.32 Å². The summed E-state index contributed by atoms with van der Waals surface area (Å²) >= 11 is 2.80. The van der Waals surface area contributed by atoms with Gasteiger partial charge in [0.2, 0.25) is 5.91 Å². The van der Waals surface area contributed by atoms with Crippen LogP contribution >= 0.6 is 23.1 Å². The third-order valence-corrected chi connectivity index (χ3v) is 7.61. The van der Waals surface area contributed by atoms with Crippen LogP contribution < -0.4 is 10.9 Å². The van der Waals surface area contributed by atoms with Gasteiger partial charge in [0.05, 0.1) is 11.1 Å². The summed E-state index contributed by atoms with van der Waals surface area (Å²) in [5, 5.41) is 4.34. The molecule has 1 N–H and O–H groups in total. The van der Waals surface area contributed by atoms with Crippen LogP contribution in [0.25, 0.3) is 10.2 Å². The Morgan fingerprint density at radius 1 is 1.22 bits per heavy atom. The van der Waals surface area contributed by atoms with Gasteiger partial charge in [-0.25, -0.2) is 4.98 Å². The van der Waals surface area contributed by atoms with E-state index in [2.05, 4.69) is 51.7 Å². The van der Waals surface area contributed by atoms with E-state index in [1.807, 2.05) is 19.9 Å². The molecule has 0 bridgehead atoms. The maximum atomic E-state index is 13.1. The first-order valence-corrected chi connectivity index (χ1v) is 12.6. The number of para-hydroxylation sites is 1. The molecule has 0 saturated carbocycles. The molecule has 0 aliphatic heterocycles. The van der Waals surface area contributed by atoms with Gasteiger partial charge in [-0.2, -0.15) is 0 Å². The highest BCUT2D eigenvalue weighted by atomic mass is 32.2. The summed E-state index contributed by atoms with van der Waals surface area (Å²) in [4.78, 5) is 32.6. The number of amides is 1. The van der Waals surface area contributed by atoms with Crippen molar-refractivity contribution in [3.8, 4) is 0 Å². The first-order valence-electron chi connectivity index (χ1n) is 10.8. The van der Waals surface area contributed by atoms with Crippen molar-refractivity contribution < 1.29 is 4.79 Å². The number of anilines is 1. The molecule has 0 fully saturated rings. The molecule has 170 valence electrons. The highest BCUT2D eigenvalue weighted by molar-refractivity contribution is 7.99. The number of carbonyl (C=O) groups is 1. The van der Waals surface area contributed by atoms with Gasteiger partial charge in [-0.15, -0.1) is 17.9 Å². The first kappa shape index (κ1) is 24.3. The zero-order chi connectivity index (χ0) is 23.6. The van der Waals surface area contributed by atoms with Crippen LogP contribution in [-0.4, -0.2) is 21.2 Å². The van der Waals surface area contributed by atoms with Crippen LogP contribution in [0.1, 0.15) is 61.1 Å². The molecule has 0 radical (unpaired) electrons. The number of thiophene rings is 1. The van der Waals surface area contributed by atoms with Gasteiger partial charge in [-0.05, 0) is 42.4 Å². The zero-order valence-electron chi connectivity index (χ0n) is 19.6. The van der Waals surface area contributed by atoms with Crippen molar-refractivity contribution in [3.63, 3.8) is 0 Å². The van der Waals surface area contributed by atoms with Gasteiger partial charge in [-0.3, -0.25) is 14.2 Å². The molecule has 3 aromatic rings. The number of allylic oxidation sites excluding steroid dienone is 1. The van der Waals surface area contributed by atoms with Crippen LogP contribution in [0.15, 0.2) is 40.8 Å². The van der Waals surface area contributed by atoms with E-state index in [0.29, 0.717) is 28.9 Å². The van der Waals surface area contributed by atoms with E-state index in [1.54, 1.807) is 10.6 Å². The summed E-state index contributed by atoms with van der Waals surface area (Å²) in [6, 6.07) is 6.18. The van der Waals surface area contributed by atoms with Gasteiger partial charge in [0, 0.05) is 17.1 Å². The normalized spacial score (nSPS) is 11.5. The Balaban J connectivity index is 1.90. The minimum atomic E-state index is -0.108. The standard InChI is InChI=1S/C25H31N3O2S2/c1-8-12-28-24(30)21-16(6)17(7)32-23(21)27-25(28)31-13-20(29)26-22-18(14(2)3)10-9-11-19(22)15(4)5/h8-11,14-15H,1,12-13H2,2-7H3,(H,26,29). The van der Waals surface area contributed by atoms with Crippen molar-refractivity contribution >= 4 is 44.9 Å². The van der Waals surface area contributed by atoms with Crippen LogP contribution in [0.4, 0.5) is 5.69 Å². The lowest BCUT2D eigenvalue weighted by Gasteiger charge is -2.20. The van der Waals surface area contributed by atoms with Crippen LogP contribution in [0.5, 0.6) is 0 Å². The average Bonchev–Trinajstić information content (AvgIpc) is 3.02. The van der Waals surface area contributed by atoms with Crippen molar-refractivity contribution in [1.82, 2.24) is 9.55 Å². The number of hydrogen-bond donors (Lipinski definition) is 1. The van der Waals surface area contributed by atoms with Gasteiger partial charge >= 0.3 is 0 Å². The molecule has 2 heterocycles. The predicted octanol–water partition coefficient (Wildman–Crippen LogP) is 6.24. The maximum Gasteiger partial charge on any atom is 0.263 e. The number of hydrogen-bond acceptors (Lipinski definition) is 5. The number of nitrogens with zero attached hydrogens (tertiary/aromatic N) is 2. The maximum absolute atomic E-state index is 13.1. The van der Waals surface area contributed by atoms with Crippen LogP contribution in [0.2, 0.25) is 0 Å². The molecule has 7 heteroatoms. The summed E-state index contributed by atoms with van der Waals surface area (Å²) in [6.07, 6.45) is 1.68. The fourth-order valence-corrected chi connectivity index (χ4v) is 5.59. The van der Waals surface area contributed by atoms with Gasteiger partial charge in [-0.1, -0.05) is 63.7 Å². The van der Waals surface area contributed by atoms with Crippen LogP contribution in [-0.2, 0) is 11.3 Å². The number of fused-ring (bicyclic) bond motifs is 1. The second kappa shape index (κ2) is 10.0. The molecule has 0 aliphatic rings. The molecule has 2 aromatic heterocycles. The molecule has 32 heavy (non-hydrogen) atoms. The number of benzene rings is 1. The Morgan fingerprint density at radius 2 is 1.84 bits per heavy atom. The molecular formula is C25H31N3O2S2. The van der Waals surface area contributed by atoms with Crippen molar-refractivity contribution in [2.45, 2.75) is 65.1 Å². The summed E-state index contributed by atoms with van der Waals surface area (Å²) in [5.74, 6) is 0.651. The van der Waals surface area contributed by atoms with E-state index in [4.69, 9.17) is 4.98 Å². The molecule has 1 aromatic carbocycles. The summed E-state index contributed by atoms with van der Waals surface area (Å²) < 4.78 is 1.61. The van der Waals surface area contributed by atoms with Crippen LogP contribution in [0.3, 0.4) is 0 Å². The third-order valence-electron chi connectivity index (χ3n) is 5.54. The minimum absolute atomic E-state index is 0.0769. The molecule has 5 nitrogen and oxygen atoms in total. The molecule has 0 unspecified atom stereocenters. The van der Waals surface area contributed by atoms with Gasteiger partial charge in [0.15, 0.2) is 5.16 Å². The van der Waals surface area contributed by atoms with E-state index >= 15 is 0 Å². The Labute approximate surface area is 198 Å². The monoisotopic (exact) mass is 469 g/mol. The summed E-state index contributed by atoms with van der Waals surface area (Å²) in [7, 11) is 0.